The number of carbonyl (C=O) groups is 1. The third kappa shape index (κ3) is 3.97. The van der Waals surface area contributed by atoms with Gasteiger partial charge in [-0.3, -0.25) is 4.79 Å². The smallest absolute Gasteiger partial charge is 0.286 e. The van der Waals surface area contributed by atoms with Crippen LogP contribution in [0.15, 0.2) is 58.4 Å². The summed E-state index contributed by atoms with van der Waals surface area (Å²) in [6.45, 7) is 4.95. The van der Waals surface area contributed by atoms with Crippen molar-refractivity contribution >= 4 is 34.6 Å². The zero-order chi connectivity index (χ0) is 19.5. The van der Waals surface area contributed by atoms with E-state index in [9.17, 15) is 9.18 Å². The molecule has 1 amide bonds. The number of halogens is 1. The summed E-state index contributed by atoms with van der Waals surface area (Å²) in [4.78, 5) is 21.4. The summed E-state index contributed by atoms with van der Waals surface area (Å²) in [5.74, 6) is -0.380. The van der Waals surface area contributed by atoms with Crippen molar-refractivity contribution in [3.05, 3.63) is 70.4 Å². The molecular formula is C22H22FN3OS. The zero-order valence-electron chi connectivity index (χ0n) is 15.8. The number of anilines is 1. The summed E-state index contributed by atoms with van der Waals surface area (Å²) in [5.41, 5.74) is 2.92. The highest BCUT2D eigenvalue weighted by atomic mass is 32.2. The van der Waals surface area contributed by atoms with Gasteiger partial charge in [0, 0.05) is 26.2 Å². The molecule has 0 bridgehead atoms. The molecule has 0 aliphatic carbocycles. The molecular weight excluding hydrogens is 373 g/mol. The van der Waals surface area contributed by atoms with E-state index in [1.165, 1.54) is 23.4 Å². The van der Waals surface area contributed by atoms with E-state index >= 15 is 0 Å². The van der Waals surface area contributed by atoms with E-state index in [0.717, 1.165) is 17.2 Å². The van der Waals surface area contributed by atoms with Crippen molar-refractivity contribution in [1.29, 1.82) is 0 Å². The number of benzene rings is 2. The van der Waals surface area contributed by atoms with Crippen LogP contribution in [-0.4, -0.2) is 42.2 Å². The predicted molar refractivity (Wildman–Crippen MR) is 114 cm³/mol. The summed E-state index contributed by atoms with van der Waals surface area (Å²) >= 11 is 1.43. The Hall–Kier alpha value is -2.60. The van der Waals surface area contributed by atoms with Gasteiger partial charge in [0.1, 0.15) is 5.82 Å². The molecule has 0 spiro atoms. The van der Waals surface area contributed by atoms with Gasteiger partial charge in [0.2, 0.25) is 0 Å². The number of rotatable bonds is 3. The Labute approximate surface area is 168 Å². The summed E-state index contributed by atoms with van der Waals surface area (Å²) in [7, 11) is 0. The van der Waals surface area contributed by atoms with Gasteiger partial charge in [0.05, 0.1) is 10.6 Å². The van der Waals surface area contributed by atoms with E-state index in [1.54, 1.807) is 12.1 Å². The monoisotopic (exact) mass is 395 g/mol. The number of thioether (sulfide) groups is 1. The van der Waals surface area contributed by atoms with Crippen molar-refractivity contribution in [3.8, 4) is 0 Å². The van der Waals surface area contributed by atoms with Gasteiger partial charge in [-0.25, -0.2) is 4.39 Å². The molecule has 2 aliphatic heterocycles. The topological polar surface area (TPSA) is 35.9 Å². The molecule has 0 radical (unpaired) electrons. The number of aliphatic imine (C=N–C) groups is 1. The largest absolute Gasteiger partial charge is 0.366 e. The van der Waals surface area contributed by atoms with Crippen molar-refractivity contribution in [2.75, 3.05) is 31.1 Å². The molecule has 2 aromatic carbocycles. The van der Waals surface area contributed by atoms with E-state index in [0.29, 0.717) is 36.8 Å². The number of hydrogen-bond donors (Lipinski definition) is 0. The minimum absolute atomic E-state index is 0.184. The molecule has 0 N–H and O–H groups in total. The van der Waals surface area contributed by atoms with Crippen LogP contribution < -0.4 is 4.90 Å². The zero-order valence-corrected chi connectivity index (χ0v) is 16.6. The summed E-state index contributed by atoms with van der Waals surface area (Å²) in [6, 6.07) is 15.1. The number of nitrogens with zero attached hydrogens (tertiary/aromatic N) is 3. The summed E-state index contributed by atoms with van der Waals surface area (Å²) in [5, 5.41) is 0.745. The molecule has 1 fully saturated rings. The van der Waals surface area contributed by atoms with E-state index in [1.807, 2.05) is 29.2 Å². The van der Waals surface area contributed by atoms with Gasteiger partial charge < -0.3 is 9.80 Å². The number of aryl methyl sites for hydroxylation is 1. The van der Waals surface area contributed by atoms with Crippen LogP contribution in [0.5, 0.6) is 0 Å². The number of carbonyl (C=O) groups excluding carboxylic acids is 1. The fourth-order valence-corrected chi connectivity index (χ4v) is 4.35. The SMILES string of the molecule is CCc1ccc(/C=C2\SC(N3CCN(c4ccccc4F)CC3)=NC2=O)cc1. The van der Waals surface area contributed by atoms with Gasteiger partial charge in [0.15, 0.2) is 5.17 Å². The molecule has 2 heterocycles. The Kier molecular flexibility index (Phi) is 5.48. The number of hydrogen-bond acceptors (Lipinski definition) is 4. The van der Waals surface area contributed by atoms with Gasteiger partial charge in [-0.2, -0.15) is 4.99 Å². The van der Waals surface area contributed by atoms with E-state index < -0.39 is 0 Å². The molecule has 4 nitrogen and oxygen atoms in total. The Morgan fingerprint density at radius 1 is 1.04 bits per heavy atom. The Balaban J connectivity index is 1.40. The van der Waals surface area contributed by atoms with Crippen molar-refractivity contribution in [2.24, 2.45) is 4.99 Å². The Morgan fingerprint density at radius 2 is 1.71 bits per heavy atom. The van der Waals surface area contributed by atoms with E-state index in [-0.39, 0.29) is 11.7 Å². The lowest BCUT2D eigenvalue weighted by atomic mass is 10.1. The van der Waals surface area contributed by atoms with Crippen LogP contribution >= 0.6 is 11.8 Å². The normalized spacial score (nSPS) is 18.7. The molecule has 6 heteroatoms. The van der Waals surface area contributed by atoms with Crippen LogP contribution in [0.1, 0.15) is 18.1 Å². The lowest BCUT2D eigenvalue weighted by molar-refractivity contribution is -0.113. The highest BCUT2D eigenvalue weighted by Gasteiger charge is 2.29. The fraction of sp³-hybridized carbons (Fsp3) is 0.273. The van der Waals surface area contributed by atoms with Crippen LogP contribution in [0.2, 0.25) is 0 Å². The van der Waals surface area contributed by atoms with Gasteiger partial charge in [-0.05, 0) is 47.5 Å². The Bertz CT molecular complexity index is 931. The highest BCUT2D eigenvalue weighted by molar-refractivity contribution is 8.18. The summed E-state index contributed by atoms with van der Waals surface area (Å²) in [6.07, 6.45) is 2.90. The maximum Gasteiger partial charge on any atom is 0.286 e. The van der Waals surface area contributed by atoms with Gasteiger partial charge in [0.25, 0.3) is 5.91 Å². The lowest BCUT2D eigenvalue weighted by Gasteiger charge is -2.36. The highest BCUT2D eigenvalue weighted by Crippen LogP contribution is 2.31. The van der Waals surface area contributed by atoms with E-state index in [2.05, 4.69) is 28.9 Å². The third-order valence-electron chi connectivity index (χ3n) is 5.04. The second-order valence-corrected chi connectivity index (χ2v) is 7.84. The molecule has 2 aromatic rings. The molecule has 4 rings (SSSR count). The number of amides is 1. The quantitative estimate of drug-likeness (QED) is 0.731. The molecule has 144 valence electrons. The molecule has 28 heavy (non-hydrogen) atoms. The summed E-state index contributed by atoms with van der Waals surface area (Å²) < 4.78 is 14.0. The molecule has 0 saturated carbocycles. The van der Waals surface area contributed by atoms with Gasteiger partial charge >= 0.3 is 0 Å². The predicted octanol–water partition coefficient (Wildman–Crippen LogP) is 4.18. The third-order valence-corrected chi connectivity index (χ3v) is 6.08. The lowest BCUT2D eigenvalue weighted by Crippen LogP contribution is -2.48. The first-order valence-electron chi connectivity index (χ1n) is 9.50. The molecule has 2 aliphatic rings. The first-order chi connectivity index (χ1) is 13.6. The van der Waals surface area contributed by atoms with Gasteiger partial charge in [-0.1, -0.05) is 43.3 Å². The van der Waals surface area contributed by atoms with Crippen molar-refractivity contribution in [2.45, 2.75) is 13.3 Å². The number of amidine groups is 1. The van der Waals surface area contributed by atoms with Gasteiger partial charge in [-0.15, -0.1) is 0 Å². The average Bonchev–Trinajstić information content (AvgIpc) is 3.09. The number of para-hydroxylation sites is 1. The average molecular weight is 396 g/mol. The molecule has 1 saturated heterocycles. The Morgan fingerprint density at radius 3 is 2.39 bits per heavy atom. The van der Waals surface area contributed by atoms with Crippen LogP contribution in [0.3, 0.4) is 0 Å². The second-order valence-electron chi connectivity index (χ2n) is 6.83. The maximum atomic E-state index is 14.0. The molecule has 0 unspecified atom stereocenters. The molecule has 0 aromatic heterocycles. The minimum atomic E-state index is -0.196. The van der Waals surface area contributed by atoms with Crippen LogP contribution in [-0.2, 0) is 11.2 Å². The van der Waals surface area contributed by atoms with E-state index in [4.69, 9.17) is 0 Å². The fourth-order valence-electron chi connectivity index (χ4n) is 3.38. The maximum absolute atomic E-state index is 14.0. The van der Waals surface area contributed by atoms with Crippen LogP contribution in [0.4, 0.5) is 10.1 Å². The first kappa shape index (κ1) is 18.7. The van der Waals surface area contributed by atoms with Crippen molar-refractivity contribution < 1.29 is 9.18 Å². The van der Waals surface area contributed by atoms with Crippen molar-refractivity contribution in [3.63, 3.8) is 0 Å². The van der Waals surface area contributed by atoms with Crippen LogP contribution in [0.25, 0.3) is 6.08 Å². The standard InChI is InChI=1S/C22H22FN3OS/c1-2-16-7-9-17(10-8-16)15-20-21(27)24-22(28-20)26-13-11-25(12-14-26)19-6-4-3-5-18(19)23/h3-10,15H,2,11-14H2,1H3/b20-15-. The van der Waals surface area contributed by atoms with Crippen molar-refractivity contribution in [1.82, 2.24) is 4.90 Å². The minimum Gasteiger partial charge on any atom is -0.366 e. The second kappa shape index (κ2) is 8.19. The first-order valence-corrected chi connectivity index (χ1v) is 10.3. The molecule has 0 atom stereocenters. The van der Waals surface area contributed by atoms with Crippen LogP contribution in [0, 0.1) is 5.82 Å². The number of piperazine rings is 1.